The number of unbranched alkanes of at least 4 members (excludes halogenated alkanes) is 3. The molecule has 0 heterocycles. The number of aliphatic hydroxyl groups excluding tert-OH is 1. The Hall–Kier alpha value is -1.22. The van der Waals surface area contributed by atoms with E-state index in [-0.39, 0.29) is 18.1 Å². The van der Waals surface area contributed by atoms with Crippen molar-refractivity contribution < 1.29 is 15.3 Å². The van der Waals surface area contributed by atoms with Gasteiger partial charge in [-0.15, -0.1) is 0 Å². The second kappa shape index (κ2) is 6.30. The number of aryl methyl sites for hydroxylation is 1. The van der Waals surface area contributed by atoms with Gasteiger partial charge >= 0.3 is 0 Å². The molecule has 0 bridgehead atoms. The summed E-state index contributed by atoms with van der Waals surface area (Å²) in [6.45, 7) is 0.264. The average Bonchev–Trinajstić information content (AvgIpc) is 2.23. The second-order valence-electron chi connectivity index (χ2n) is 3.71. The van der Waals surface area contributed by atoms with Gasteiger partial charge in [-0.3, -0.25) is 0 Å². The van der Waals surface area contributed by atoms with Crippen LogP contribution in [0.2, 0.25) is 0 Å². The summed E-state index contributed by atoms with van der Waals surface area (Å²) >= 11 is 0. The van der Waals surface area contributed by atoms with E-state index in [9.17, 15) is 5.11 Å². The summed E-state index contributed by atoms with van der Waals surface area (Å²) in [5, 5.41) is 27.0. The number of rotatable bonds is 6. The fourth-order valence-electron chi connectivity index (χ4n) is 1.52. The molecule has 0 aliphatic carbocycles. The van der Waals surface area contributed by atoms with Crippen molar-refractivity contribution in [2.24, 2.45) is 0 Å². The Kier molecular flexibility index (Phi) is 4.98. The molecule has 0 radical (unpaired) electrons. The van der Waals surface area contributed by atoms with E-state index in [0.29, 0.717) is 0 Å². The number of benzene rings is 1. The molecule has 0 atom stereocenters. The predicted molar refractivity (Wildman–Crippen MR) is 59.0 cm³/mol. The van der Waals surface area contributed by atoms with E-state index in [0.717, 1.165) is 37.7 Å². The summed E-state index contributed by atoms with van der Waals surface area (Å²) in [5.41, 5.74) is 1.04. The van der Waals surface area contributed by atoms with Crippen molar-refractivity contribution in [1.82, 2.24) is 0 Å². The molecule has 1 aromatic carbocycles. The van der Waals surface area contributed by atoms with E-state index in [1.165, 1.54) is 6.07 Å². The Morgan fingerprint density at radius 1 is 0.867 bits per heavy atom. The summed E-state index contributed by atoms with van der Waals surface area (Å²) in [6, 6.07) is 4.93. The average molecular weight is 210 g/mol. The molecule has 0 amide bonds. The molecular formula is C12H18O3. The molecule has 1 aromatic rings. The third-order valence-electron chi connectivity index (χ3n) is 2.41. The van der Waals surface area contributed by atoms with E-state index < -0.39 is 0 Å². The Balaban J connectivity index is 2.28. The minimum Gasteiger partial charge on any atom is -0.504 e. The maximum Gasteiger partial charge on any atom is 0.157 e. The van der Waals surface area contributed by atoms with Crippen LogP contribution in [0, 0.1) is 0 Å². The van der Waals surface area contributed by atoms with Gasteiger partial charge in [0.05, 0.1) is 0 Å². The second-order valence-corrected chi connectivity index (χ2v) is 3.71. The van der Waals surface area contributed by atoms with Crippen LogP contribution in [0.15, 0.2) is 18.2 Å². The Morgan fingerprint density at radius 3 is 2.27 bits per heavy atom. The van der Waals surface area contributed by atoms with Gasteiger partial charge in [0.2, 0.25) is 0 Å². The van der Waals surface area contributed by atoms with Crippen LogP contribution in [-0.4, -0.2) is 21.9 Å². The number of phenolic OH excluding ortho intramolecular Hbond substituents is 2. The largest absolute Gasteiger partial charge is 0.504 e. The Labute approximate surface area is 90.0 Å². The SMILES string of the molecule is OCCCCCCc1ccc(O)c(O)c1. The van der Waals surface area contributed by atoms with Crippen LogP contribution in [0.25, 0.3) is 0 Å². The van der Waals surface area contributed by atoms with Gasteiger partial charge in [0.15, 0.2) is 11.5 Å². The van der Waals surface area contributed by atoms with Crippen molar-refractivity contribution in [3.63, 3.8) is 0 Å². The molecular weight excluding hydrogens is 192 g/mol. The zero-order valence-corrected chi connectivity index (χ0v) is 8.82. The normalized spacial score (nSPS) is 10.5. The smallest absolute Gasteiger partial charge is 0.157 e. The maximum atomic E-state index is 9.26. The summed E-state index contributed by atoms with van der Waals surface area (Å²) in [5.74, 6) is -0.123. The molecule has 15 heavy (non-hydrogen) atoms. The van der Waals surface area contributed by atoms with Crippen molar-refractivity contribution in [2.75, 3.05) is 6.61 Å². The van der Waals surface area contributed by atoms with Gasteiger partial charge in [0, 0.05) is 6.61 Å². The number of phenols is 2. The molecule has 0 saturated carbocycles. The molecule has 0 aliphatic heterocycles. The number of hydrogen-bond acceptors (Lipinski definition) is 3. The molecule has 0 saturated heterocycles. The summed E-state index contributed by atoms with van der Waals surface area (Å²) in [6.07, 6.45) is 4.94. The van der Waals surface area contributed by atoms with E-state index in [4.69, 9.17) is 10.2 Å². The summed E-state index contributed by atoms with van der Waals surface area (Å²) in [4.78, 5) is 0. The highest BCUT2D eigenvalue weighted by atomic mass is 16.3. The molecule has 0 unspecified atom stereocenters. The molecule has 0 aromatic heterocycles. The van der Waals surface area contributed by atoms with Crippen LogP contribution in [0.1, 0.15) is 31.2 Å². The van der Waals surface area contributed by atoms with E-state index in [2.05, 4.69) is 0 Å². The highest BCUT2D eigenvalue weighted by Crippen LogP contribution is 2.25. The molecule has 1 rings (SSSR count). The lowest BCUT2D eigenvalue weighted by atomic mass is 10.1. The third kappa shape index (κ3) is 4.21. The van der Waals surface area contributed by atoms with Crippen LogP contribution in [-0.2, 0) is 6.42 Å². The molecule has 3 nitrogen and oxygen atoms in total. The van der Waals surface area contributed by atoms with Crippen molar-refractivity contribution in [3.8, 4) is 11.5 Å². The van der Waals surface area contributed by atoms with Gasteiger partial charge < -0.3 is 15.3 Å². The van der Waals surface area contributed by atoms with Crippen LogP contribution < -0.4 is 0 Å². The third-order valence-corrected chi connectivity index (χ3v) is 2.41. The Morgan fingerprint density at radius 2 is 1.60 bits per heavy atom. The van der Waals surface area contributed by atoms with Gasteiger partial charge in [-0.1, -0.05) is 18.9 Å². The molecule has 0 aliphatic rings. The number of hydrogen-bond donors (Lipinski definition) is 3. The molecule has 3 N–H and O–H groups in total. The van der Waals surface area contributed by atoms with Crippen molar-refractivity contribution in [3.05, 3.63) is 23.8 Å². The monoisotopic (exact) mass is 210 g/mol. The lowest BCUT2D eigenvalue weighted by Gasteiger charge is -2.03. The Bertz CT molecular complexity index is 297. The first kappa shape index (κ1) is 11.9. The minimum absolute atomic E-state index is 0.0529. The van der Waals surface area contributed by atoms with Crippen molar-refractivity contribution >= 4 is 0 Å². The first-order chi connectivity index (χ1) is 7.24. The zero-order valence-electron chi connectivity index (χ0n) is 8.82. The van der Waals surface area contributed by atoms with Crippen molar-refractivity contribution in [2.45, 2.75) is 32.1 Å². The topological polar surface area (TPSA) is 60.7 Å². The van der Waals surface area contributed by atoms with E-state index in [1.54, 1.807) is 6.07 Å². The minimum atomic E-state index is -0.0703. The number of aromatic hydroxyl groups is 2. The van der Waals surface area contributed by atoms with Gasteiger partial charge in [0.25, 0.3) is 0 Å². The van der Waals surface area contributed by atoms with Crippen LogP contribution in [0.5, 0.6) is 11.5 Å². The fourth-order valence-corrected chi connectivity index (χ4v) is 1.52. The van der Waals surface area contributed by atoms with Gasteiger partial charge in [-0.2, -0.15) is 0 Å². The van der Waals surface area contributed by atoms with Crippen molar-refractivity contribution in [1.29, 1.82) is 0 Å². The van der Waals surface area contributed by atoms with Gasteiger partial charge in [-0.05, 0) is 37.0 Å². The van der Waals surface area contributed by atoms with Gasteiger partial charge in [0.1, 0.15) is 0 Å². The molecule has 0 fully saturated rings. The molecule has 3 heteroatoms. The quantitative estimate of drug-likeness (QED) is 0.498. The predicted octanol–water partition coefficient (Wildman–Crippen LogP) is 2.19. The fraction of sp³-hybridized carbons (Fsp3) is 0.500. The van der Waals surface area contributed by atoms with E-state index in [1.807, 2.05) is 6.07 Å². The first-order valence-corrected chi connectivity index (χ1v) is 5.36. The summed E-state index contributed by atoms with van der Waals surface area (Å²) < 4.78 is 0. The molecule has 0 spiro atoms. The highest BCUT2D eigenvalue weighted by Gasteiger charge is 2.00. The van der Waals surface area contributed by atoms with Gasteiger partial charge in [-0.25, -0.2) is 0 Å². The standard InChI is InChI=1S/C12H18O3/c13-8-4-2-1-3-5-10-6-7-11(14)12(15)9-10/h6-7,9,13-15H,1-5,8H2. The van der Waals surface area contributed by atoms with E-state index >= 15 is 0 Å². The zero-order chi connectivity index (χ0) is 11.1. The first-order valence-electron chi connectivity index (χ1n) is 5.36. The lowest BCUT2D eigenvalue weighted by Crippen LogP contribution is -1.87. The highest BCUT2D eigenvalue weighted by molar-refractivity contribution is 5.40. The maximum absolute atomic E-state index is 9.26. The molecule has 84 valence electrons. The van der Waals surface area contributed by atoms with Crippen LogP contribution >= 0.6 is 0 Å². The van der Waals surface area contributed by atoms with Crippen LogP contribution in [0.4, 0.5) is 0 Å². The lowest BCUT2D eigenvalue weighted by molar-refractivity contribution is 0.282. The number of aliphatic hydroxyl groups is 1. The van der Waals surface area contributed by atoms with Crippen LogP contribution in [0.3, 0.4) is 0 Å². The summed E-state index contributed by atoms with van der Waals surface area (Å²) in [7, 11) is 0.